The van der Waals surface area contributed by atoms with E-state index in [0.29, 0.717) is 5.56 Å². The third-order valence-electron chi connectivity index (χ3n) is 3.66. The maximum atomic E-state index is 9.09. The minimum Gasteiger partial charge on any atom is -0.302 e. The van der Waals surface area contributed by atoms with Gasteiger partial charge in [0.25, 0.3) is 0 Å². The predicted molar refractivity (Wildman–Crippen MR) is 79.6 cm³/mol. The maximum absolute atomic E-state index is 9.09. The molecule has 2 heterocycles. The van der Waals surface area contributed by atoms with Crippen LogP contribution in [0.1, 0.15) is 22.4 Å². The molecular formula is C17H15N3. The first-order valence-corrected chi connectivity index (χ1v) is 6.56. The standard InChI is InChI=1S/C17H15N3/c1-11-4-6-15(12(2)8-11)16-10-20-13(3)14(9-18)5-7-17(20)19-16/h4-8,10H,1-3H3. The van der Waals surface area contributed by atoms with Crippen LogP contribution in [0.2, 0.25) is 0 Å². The fourth-order valence-electron chi connectivity index (χ4n) is 2.54. The lowest BCUT2D eigenvalue weighted by molar-refractivity contribution is 1.08. The van der Waals surface area contributed by atoms with Crippen molar-refractivity contribution in [1.82, 2.24) is 9.38 Å². The Labute approximate surface area is 118 Å². The summed E-state index contributed by atoms with van der Waals surface area (Å²) >= 11 is 0. The van der Waals surface area contributed by atoms with Crippen LogP contribution in [0.15, 0.2) is 36.5 Å². The lowest BCUT2D eigenvalue weighted by Crippen LogP contribution is -1.93. The van der Waals surface area contributed by atoms with Crippen molar-refractivity contribution in [3.63, 3.8) is 0 Å². The quantitative estimate of drug-likeness (QED) is 0.668. The maximum Gasteiger partial charge on any atom is 0.137 e. The third-order valence-corrected chi connectivity index (χ3v) is 3.66. The first kappa shape index (κ1) is 12.4. The molecule has 0 aliphatic rings. The molecule has 0 radical (unpaired) electrons. The van der Waals surface area contributed by atoms with Gasteiger partial charge in [-0.3, -0.25) is 0 Å². The van der Waals surface area contributed by atoms with Gasteiger partial charge in [0, 0.05) is 17.5 Å². The van der Waals surface area contributed by atoms with E-state index in [0.717, 1.165) is 22.6 Å². The molecule has 20 heavy (non-hydrogen) atoms. The molecule has 2 aromatic heterocycles. The average molecular weight is 261 g/mol. The van der Waals surface area contributed by atoms with Crippen LogP contribution in [0.25, 0.3) is 16.9 Å². The molecule has 1 aromatic carbocycles. The van der Waals surface area contributed by atoms with Crippen LogP contribution in [-0.2, 0) is 0 Å². The van der Waals surface area contributed by atoms with E-state index in [2.05, 4.69) is 43.1 Å². The number of aromatic nitrogens is 2. The Bertz CT molecular complexity index is 851. The number of pyridine rings is 1. The number of hydrogen-bond acceptors (Lipinski definition) is 2. The molecule has 3 aromatic rings. The fourth-order valence-corrected chi connectivity index (χ4v) is 2.54. The van der Waals surface area contributed by atoms with E-state index in [1.165, 1.54) is 11.1 Å². The molecule has 0 unspecified atom stereocenters. The molecule has 0 N–H and O–H groups in total. The van der Waals surface area contributed by atoms with Crippen LogP contribution >= 0.6 is 0 Å². The Morgan fingerprint density at radius 2 is 1.90 bits per heavy atom. The monoisotopic (exact) mass is 261 g/mol. The molecule has 3 rings (SSSR count). The largest absolute Gasteiger partial charge is 0.302 e. The minimum absolute atomic E-state index is 0.682. The summed E-state index contributed by atoms with van der Waals surface area (Å²) in [5.41, 5.74) is 7.02. The second kappa shape index (κ2) is 4.50. The van der Waals surface area contributed by atoms with Gasteiger partial charge < -0.3 is 4.40 Å². The topological polar surface area (TPSA) is 41.1 Å². The molecule has 0 saturated carbocycles. The molecule has 0 saturated heterocycles. The summed E-state index contributed by atoms with van der Waals surface area (Å²) in [6, 6.07) is 12.3. The molecule has 3 heteroatoms. The summed E-state index contributed by atoms with van der Waals surface area (Å²) in [7, 11) is 0. The molecule has 0 fully saturated rings. The minimum atomic E-state index is 0.682. The second-order valence-corrected chi connectivity index (χ2v) is 5.12. The van der Waals surface area contributed by atoms with Crippen molar-refractivity contribution in [2.45, 2.75) is 20.8 Å². The summed E-state index contributed by atoms with van der Waals surface area (Å²) in [6.07, 6.45) is 2.00. The molecule has 0 amide bonds. The van der Waals surface area contributed by atoms with Crippen molar-refractivity contribution in [2.75, 3.05) is 0 Å². The molecular weight excluding hydrogens is 246 g/mol. The Balaban J connectivity index is 2.23. The highest BCUT2D eigenvalue weighted by Gasteiger charge is 2.10. The highest BCUT2D eigenvalue weighted by Crippen LogP contribution is 2.25. The van der Waals surface area contributed by atoms with Gasteiger partial charge >= 0.3 is 0 Å². The van der Waals surface area contributed by atoms with Gasteiger partial charge in [0.15, 0.2) is 0 Å². The summed E-state index contributed by atoms with van der Waals surface area (Å²) in [5, 5.41) is 9.09. The van der Waals surface area contributed by atoms with Crippen molar-refractivity contribution in [2.24, 2.45) is 0 Å². The number of nitriles is 1. The van der Waals surface area contributed by atoms with E-state index in [9.17, 15) is 0 Å². The van der Waals surface area contributed by atoms with Gasteiger partial charge in [-0.1, -0.05) is 23.8 Å². The fraction of sp³-hybridized carbons (Fsp3) is 0.176. The Morgan fingerprint density at radius 3 is 2.60 bits per heavy atom. The molecule has 0 spiro atoms. The van der Waals surface area contributed by atoms with Crippen LogP contribution in [0.5, 0.6) is 0 Å². The summed E-state index contributed by atoms with van der Waals surface area (Å²) in [6.45, 7) is 6.13. The number of imidazole rings is 1. The van der Waals surface area contributed by atoms with Gasteiger partial charge in [0.2, 0.25) is 0 Å². The number of benzene rings is 1. The zero-order valence-electron chi connectivity index (χ0n) is 11.8. The second-order valence-electron chi connectivity index (χ2n) is 5.12. The van der Waals surface area contributed by atoms with Gasteiger partial charge in [-0.15, -0.1) is 0 Å². The van der Waals surface area contributed by atoms with Crippen molar-refractivity contribution in [3.8, 4) is 17.3 Å². The van der Waals surface area contributed by atoms with Gasteiger partial charge in [-0.25, -0.2) is 4.98 Å². The Hall–Kier alpha value is -2.60. The molecule has 0 aliphatic heterocycles. The summed E-state index contributed by atoms with van der Waals surface area (Å²) < 4.78 is 1.98. The third kappa shape index (κ3) is 1.86. The van der Waals surface area contributed by atoms with Gasteiger partial charge in [0.1, 0.15) is 11.7 Å². The van der Waals surface area contributed by atoms with Crippen LogP contribution in [0, 0.1) is 32.1 Å². The van der Waals surface area contributed by atoms with Crippen molar-refractivity contribution < 1.29 is 0 Å². The number of nitrogens with zero attached hydrogens (tertiary/aromatic N) is 3. The van der Waals surface area contributed by atoms with E-state index >= 15 is 0 Å². The first-order valence-electron chi connectivity index (χ1n) is 6.56. The number of hydrogen-bond donors (Lipinski definition) is 0. The van der Waals surface area contributed by atoms with E-state index in [1.807, 2.05) is 29.7 Å². The normalized spacial score (nSPS) is 10.7. The van der Waals surface area contributed by atoms with Gasteiger partial charge in [0.05, 0.1) is 11.3 Å². The number of aryl methyl sites for hydroxylation is 3. The smallest absolute Gasteiger partial charge is 0.137 e. The van der Waals surface area contributed by atoms with Crippen LogP contribution in [0.4, 0.5) is 0 Å². The Morgan fingerprint density at radius 1 is 1.10 bits per heavy atom. The lowest BCUT2D eigenvalue weighted by atomic mass is 10.0. The van der Waals surface area contributed by atoms with E-state index < -0.39 is 0 Å². The van der Waals surface area contributed by atoms with E-state index in [1.54, 1.807) is 0 Å². The van der Waals surface area contributed by atoms with Crippen molar-refractivity contribution >= 4 is 5.65 Å². The molecule has 0 atom stereocenters. The van der Waals surface area contributed by atoms with E-state index in [-0.39, 0.29) is 0 Å². The zero-order chi connectivity index (χ0) is 14.3. The van der Waals surface area contributed by atoms with Crippen LogP contribution in [0.3, 0.4) is 0 Å². The molecule has 0 aliphatic carbocycles. The Kier molecular flexibility index (Phi) is 2.80. The number of fused-ring (bicyclic) bond motifs is 1. The van der Waals surface area contributed by atoms with Gasteiger partial charge in [-0.2, -0.15) is 5.26 Å². The highest BCUT2D eigenvalue weighted by atomic mass is 15.0. The molecule has 98 valence electrons. The first-order chi connectivity index (χ1) is 9.60. The number of rotatable bonds is 1. The van der Waals surface area contributed by atoms with Gasteiger partial charge in [-0.05, 0) is 38.5 Å². The summed E-state index contributed by atoms with van der Waals surface area (Å²) in [5.74, 6) is 0. The van der Waals surface area contributed by atoms with Crippen LogP contribution in [-0.4, -0.2) is 9.38 Å². The molecule has 3 nitrogen and oxygen atoms in total. The predicted octanol–water partition coefficient (Wildman–Crippen LogP) is 3.80. The van der Waals surface area contributed by atoms with Crippen molar-refractivity contribution in [1.29, 1.82) is 5.26 Å². The van der Waals surface area contributed by atoms with Crippen LogP contribution < -0.4 is 0 Å². The van der Waals surface area contributed by atoms with E-state index in [4.69, 9.17) is 5.26 Å². The van der Waals surface area contributed by atoms with Crippen molar-refractivity contribution in [3.05, 3.63) is 58.9 Å². The summed E-state index contributed by atoms with van der Waals surface area (Å²) in [4.78, 5) is 4.66. The average Bonchev–Trinajstić information content (AvgIpc) is 2.84. The molecule has 0 bridgehead atoms. The lowest BCUT2D eigenvalue weighted by Gasteiger charge is -2.03. The zero-order valence-corrected chi connectivity index (χ0v) is 11.8. The highest BCUT2D eigenvalue weighted by molar-refractivity contribution is 5.67. The SMILES string of the molecule is Cc1ccc(-c2cn3c(C)c(C#N)ccc3n2)c(C)c1.